The molecule has 0 radical (unpaired) electrons. The fraction of sp³-hybridized carbons (Fsp3) is 0.538. The second-order valence-corrected chi connectivity index (χ2v) is 7.40. The Kier molecular flexibility index (Phi) is 4.08. The number of nitrogen functional groups attached to an aromatic ring is 1. The third kappa shape index (κ3) is 2.73. The first-order valence-corrected chi connectivity index (χ1v) is 8.24. The molecule has 0 spiro atoms. The van der Waals surface area contributed by atoms with E-state index in [0.29, 0.717) is 10.7 Å². The zero-order valence-electron chi connectivity index (χ0n) is 11.1. The highest BCUT2D eigenvalue weighted by Crippen LogP contribution is 2.31. The Balaban J connectivity index is 2.43. The minimum absolute atomic E-state index is 0.0191. The minimum atomic E-state index is -3.50. The number of nitrogens with two attached hydrogens (primary N) is 1. The molecule has 2 rings (SSSR count). The molecule has 2 atom stereocenters. The van der Waals surface area contributed by atoms with Crippen molar-refractivity contribution in [1.82, 2.24) is 4.31 Å². The lowest BCUT2D eigenvalue weighted by Crippen LogP contribution is -2.47. The Hall–Kier alpha value is -0.780. The Morgan fingerprint density at radius 3 is 2.37 bits per heavy atom. The number of hydrogen-bond donors (Lipinski definition) is 1. The van der Waals surface area contributed by atoms with Gasteiger partial charge in [-0.2, -0.15) is 4.31 Å². The maximum atomic E-state index is 12.7. The number of rotatable bonds is 2. The summed E-state index contributed by atoms with van der Waals surface area (Å²) in [5.74, 6) is 0. The largest absolute Gasteiger partial charge is 0.397 e. The molecule has 2 unspecified atom stereocenters. The molecule has 1 aliphatic heterocycles. The molecule has 2 N–H and O–H groups in total. The van der Waals surface area contributed by atoms with Crippen molar-refractivity contribution in [3.8, 4) is 0 Å². The molecule has 4 nitrogen and oxygen atoms in total. The highest BCUT2D eigenvalue weighted by Gasteiger charge is 2.35. The molecule has 0 aromatic heterocycles. The smallest absolute Gasteiger partial charge is 0.243 e. The molecular formula is C13H19ClN2O2S. The van der Waals surface area contributed by atoms with Gasteiger partial charge in [-0.25, -0.2) is 8.42 Å². The number of anilines is 1. The van der Waals surface area contributed by atoms with Gasteiger partial charge in [0.25, 0.3) is 0 Å². The Morgan fingerprint density at radius 2 is 1.84 bits per heavy atom. The summed E-state index contributed by atoms with van der Waals surface area (Å²) in [6, 6.07) is 4.52. The Morgan fingerprint density at radius 1 is 1.26 bits per heavy atom. The second kappa shape index (κ2) is 5.31. The molecule has 0 aliphatic carbocycles. The predicted molar refractivity (Wildman–Crippen MR) is 77.7 cm³/mol. The van der Waals surface area contributed by atoms with E-state index >= 15 is 0 Å². The lowest BCUT2D eigenvalue weighted by Gasteiger charge is -2.37. The normalized spacial score (nSPS) is 25.4. The molecule has 1 aromatic carbocycles. The van der Waals surface area contributed by atoms with E-state index < -0.39 is 10.0 Å². The van der Waals surface area contributed by atoms with Crippen LogP contribution in [0.15, 0.2) is 23.1 Å². The standard InChI is InChI=1S/C13H19ClN2O2S/c1-9-4-3-5-10(2)16(9)19(17,18)11-6-7-12(14)13(15)8-11/h6-10H,3-5,15H2,1-2H3. The fourth-order valence-electron chi connectivity index (χ4n) is 2.68. The summed E-state index contributed by atoms with van der Waals surface area (Å²) in [5.41, 5.74) is 5.99. The molecule has 19 heavy (non-hydrogen) atoms. The van der Waals surface area contributed by atoms with Crippen LogP contribution >= 0.6 is 11.6 Å². The van der Waals surface area contributed by atoms with Crippen molar-refractivity contribution < 1.29 is 8.42 Å². The highest BCUT2D eigenvalue weighted by molar-refractivity contribution is 7.89. The van der Waals surface area contributed by atoms with Crippen LogP contribution in [0.1, 0.15) is 33.1 Å². The van der Waals surface area contributed by atoms with Gasteiger partial charge in [-0.15, -0.1) is 0 Å². The molecule has 1 aromatic rings. The fourth-order valence-corrected chi connectivity index (χ4v) is 4.71. The topological polar surface area (TPSA) is 63.4 Å². The summed E-state index contributed by atoms with van der Waals surface area (Å²) in [7, 11) is -3.50. The first kappa shape index (κ1) is 14.6. The summed E-state index contributed by atoms with van der Waals surface area (Å²) < 4.78 is 27.0. The number of nitrogens with zero attached hydrogens (tertiary/aromatic N) is 1. The van der Waals surface area contributed by atoms with Gasteiger partial charge in [-0.05, 0) is 44.9 Å². The first-order chi connectivity index (χ1) is 8.84. The van der Waals surface area contributed by atoms with E-state index in [9.17, 15) is 8.42 Å². The highest BCUT2D eigenvalue weighted by atomic mass is 35.5. The van der Waals surface area contributed by atoms with Gasteiger partial charge in [-0.3, -0.25) is 0 Å². The summed E-state index contributed by atoms with van der Waals surface area (Å²) in [4.78, 5) is 0.218. The van der Waals surface area contributed by atoms with E-state index in [0.717, 1.165) is 19.3 Å². The van der Waals surface area contributed by atoms with E-state index in [1.54, 1.807) is 4.31 Å². The summed E-state index contributed by atoms with van der Waals surface area (Å²) in [6.45, 7) is 3.90. The second-order valence-electron chi connectivity index (χ2n) is 5.15. The van der Waals surface area contributed by atoms with Crippen LogP contribution in [0.3, 0.4) is 0 Å². The van der Waals surface area contributed by atoms with Crippen LogP contribution in [0.5, 0.6) is 0 Å². The average Bonchev–Trinajstić information content (AvgIpc) is 2.32. The minimum Gasteiger partial charge on any atom is -0.397 e. The first-order valence-electron chi connectivity index (χ1n) is 6.42. The van der Waals surface area contributed by atoms with Gasteiger partial charge < -0.3 is 5.73 Å². The van der Waals surface area contributed by atoms with Crippen LogP contribution in [0.4, 0.5) is 5.69 Å². The monoisotopic (exact) mass is 302 g/mol. The maximum absolute atomic E-state index is 12.7. The van der Waals surface area contributed by atoms with E-state index in [1.165, 1.54) is 18.2 Å². The van der Waals surface area contributed by atoms with Crippen molar-refractivity contribution in [1.29, 1.82) is 0 Å². The number of piperidine rings is 1. The number of hydrogen-bond acceptors (Lipinski definition) is 3. The van der Waals surface area contributed by atoms with Gasteiger partial charge in [0.15, 0.2) is 0 Å². The van der Waals surface area contributed by atoms with Crippen molar-refractivity contribution in [2.45, 2.75) is 50.1 Å². The predicted octanol–water partition coefficient (Wildman–Crippen LogP) is 2.87. The Labute approximate surface area is 119 Å². The summed E-state index contributed by atoms with van der Waals surface area (Å²) in [5, 5.41) is 0.374. The van der Waals surface area contributed by atoms with E-state index in [2.05, 4.69) is 0 Å². The SMILES string of the molecule is CC1CCCC(C)N1S(=O)(=O)c1ccc(Cl)c(N)c1. The lowest BCUT2D eigenvalue weighted by molar-refractivity contribution is 0.204. The van der Waals surface area contributed by atoms with Crippen molar-refractivity contribution in [3.05, 3.63) is 23.2 Å². The van der Waals surface area contributed by atoms with Crippen LogP contribution in [0.25, 0.3) is 0 Å². The number of halogens is 1. The molecule has 106 valence electrons. The molecule has 1 aliphatic rings. The Bertz CT molecular complexity index is 564. The molecular weight excluding hydrogens is 284 g/mol. The molecule has 0 saturated carbocycles. The zero-order valence-corrected chi connectivity index (χ0v) is 12.7. The van der Waals surface area contributed by atoms with Gasteiger partial charge in [-0.1, -0.05) is 18.0 Å². The van der Waals surface area contributed by atoms with Gasteiger partial charge in [0.1, 0.15) is 0 Å². The van der Waals surface area contributed by atoms with Crippen LogP contribution in [-0.2, 0) is 10.0 Å². The molecule has 1 fully saturated rings. The lowest BCUT2D eigenvalue weighted by atomic mass is 10.0. The summed E-state index contributed by atoms with van der Waals surface area (Å²) >= 11 is 5.84. The number of benzene rings is 1. The van der Waals surface area contributed by atoms with E-state index in [-0.39, 0.29) is 17.0 Å². The van der Waals surface area contributed by atoms with E-state index in [4.69, 9.17) is 17.3 Å². The van der Waals surface area contributed by atoms with Gasteiger partial charge >= 0.3 is 0 Å². The van der Waals surface area contributed by atoms with Gasteiger partial charge in [0.05, 0.1) is 15.6 Å². The van der Waals surface area contributed by atoms with Crippen LogP contribution in [0.2, 0.25) is 5.02 Å². The molecule has 1 saturated heterocycles. The average molecular weight is 303 g/mol. The number of sulfonamides is 1. The van der Waals surface area contributed by atoms with E-state index in [1.807, 2.05) is 13.8 Å². The third-order valence-corrected chi connectivity index (χ3v) is 6.12. The summed E-state index contributed by atoms with van der Waals surface area (Å²) in [6.07, 6.45) is 2.86. The molecule has 0 bridgehead atoms. The van der Waals surface area contributed by atoms with Gasteiger partial charge in [0.2, 0.25) is 10.0 Å². The third-order valence-electron chi connectivity index (χ3n) is 3.66. The quantitative estimate of drug-likeness (QED) is 0.854. The molecule has 0 amide bonds. The molecule has 1 heterocycles. The van der Waals surface area contributed by atoms with Crippen molar-refractivity contribution >= 4 is 27.3 Å². The van der Waals surface area contributed by atoms with Crippen LogP contribution < -0.4 is 5.73 Å². The van der Waals surface area contributed by atoms with Crippen LogP contribution in [0, 0.1) is 0 Å². The van der Waals surface area contributed by atoms with Gasteiger partial charge in [0, 0.05) is 12.1 Å². The van der Waals surface area contributed by atoms with Crippen molar-refractivity contribution in [2.75, 3.05) is 5.73 Å². The van der Waals surface area contributed by atoms with Crippen molar-refractivity contribution in [2.24, 2.45) is 0 Å². The van der Waals surface area contributed by atoms with Crippen molar-refractivity contribution in [3.63, 3.8) is 0 Å². The van der Waals surface area contributed by atoms with Crippen LogP contribution in [-0.4, -0.2) is 24.8 Å². The molecule has 6 heteroatoms. The maximum Gasteiger partial charge on any atom is 0.243 e. The zero-order chi connectivity index (χ0) is 14.2.